The van der Waals surface area contributed by atoms with Gasteiger partial charge in [0.25, 0.3) is 0 Å². The molecule has 0 saturated carbocycles. The van der Waals surface area contributed by atoms with E-state index in [4.69, 9.17) is 19.7 Å². The monoisotopic (exact) mass is 350 g/mol. The number of pyridine rings is 1. The summed E-state index contributed by atoms with van der Waals surface area (Å²) in [5.74, 6) is -2.55. The highest BCUT2D eigenvalue weighted by atomic mass is 19.4. The van der Waals surface area contributed by atoms with Crippen LogP contribution in [-0.2, 0) is 9.53 Å². The molecule has 2 rings (SSSR count). The summed E-state index contributed by atoms with van der Waals surface area (Å²) in [4.78, 5) is 23.7. The molecule has 1 aromatic rings. The van der Waals surface area contributed by atoms with Crippen molar-refractivity contribution in [1.82, 2.24) is 4.98 Å². The van der Waals surface area contributed by atoms with Gasteiger partial charge in [-0.15, -0.1) is 0 Å². The number of ether oxygens (including phenoxy) is 1. The van der Waals surface area contributed by atoms with Crippen LogP contribution >= 0.6 is 0 Å². The highest BCUT2D eigenvalue weighted by Crippen LogP contribution is 2.15. The van der Waals surface area contributed by atoms with E-state index in [1.54, 1.807) is 12.1 Å². The van der Waals surface area contributed by atoms with Gasteiger partial charge in [0.1, 0.15) is 5.82 Å². The number of rotatable bonds is 4. The summed E-state index contributed by atoms with van der Waals surface area (Å²) in [6.45, 7) is 2.45. The van der Waals surface area contributed by atoms with Crippen molar-refractivity contribution in [3.63, 3.8) is 0 Å². The van der Waals surface area contributed by atoms with Crippen molar-refractivity contribution in [2.24, 2.45) is 5.92 Å². The fraction of sp³-hybridized carbons (Fsp3) is 0.500. The van der Waals surface area contributed by atoms with E-state index in [9.17, 15) is 18.0 Å². The highest BCUT2D eigenvalue weighted by Gasteiger charge is 2.38. The lowest BCUT2D eigenvalue weighted by atomic mass is 10.0. The normalized spacial score (nSPS) is 15.1. The van der Waals surface area contributed by atoms with Crippen LogP contribution in [0.4, 0.5) is 19.0 Å². The van der Waals surface area contributed by atoms with Crippen molar-refractivity contribution in [2.45, 2.75) is 19.0 Å². The van der Waals surface area contributed by atoms with Crippen LogP contribution in [0.5, 0.6) is 0 Å². The Morgan fingerprint density at radius 2 is 1.83 bits per heavy atom. The number of halogens is 3. The van der Waals surface area contributed by atoms with Crippen LogP contribution in [0.3, 0.4) is 0 Å². The second kappa shape index (κ2) is 9.06. The Hall–Kier alpha value is -2.36. The third-order valence-corrected chi connectivity index (χ3v) is 3.12. The number of hydrogen-bond donors (Lipinski definition) is 3. The Morgan fingerprint density at radius 3 is 2.33 bits per heavy atom. The first-order valence-corrected chi connectivity index (χ1v) is 7.02. The van der Waals surface area contributed by atoms with Gasteiger partial charge in [-0.1, -0.05) is 6.07 Å². The number of aliphatic carboxylic acids is 1. The molecule has 0 unspecified atom stereocenters. The van der Waals surface area contributed by atoms with Crippen LogP contribution in [0.25, 0.3) is 0 Å². The van der Waals surface area contributed by atoms with E-state index in [2.05, 4.69) is 10.3 Å². The minimum atomic E-state index is -5.08. The van der Waals surface area contributed by atoms with Crippen molar-refractivity contribution >= 4 is 17.8 Å². The van der Waals surface area contributed by atoms with E-state index in [1.807, 2.05) is 0 Å². The van der Waals surface area contributed by atoms with Gasteiger partial charge >= 0.3 is 18.1 Å². The molecule has 0 spiro atoms. The van der Waals surface area contributed by atoms with E-state index >= 15 is 0 Å². The molecule has 1 fully saturated rings. The molecule has 0 aliphatic carbocycles. The maximum absolute atomic E-state index is 10.8. The summed E-state index contributed by atoms with van der Waals surface area (Å²) in [6.07, 6.45) is -2.99. The van der Waals surface area contributed by atoms with Crippen LogP contribution in [0.15, 0.2) is 18.2 Å². The molecular formula is C14H17F3N2O5. The third kappa shape index (κ3) is 7.27. The van der Waals surface area contributed by atoms with E-state index in [1.165, 1.54) is 6.07 Å². The minimum absolute atomic E-state index is 0.0713. The maximum atomic E-state index is 10.8. The molecule has 1 aliphatic rings. The molecular weight excluding hydrogens is 333 g/mol. The second-order valence-electron chi connectivity index (χ2n) is 4.95. The molecule has 7 nitrogen and oxygen atoms in total. The fourth-order valence-corrected chi connectivity index (χ4v) is 1.85. The smallest absolute Gasteiger partial charge is 0.477 e. The summed E-state index contributed by atoms with van der Waals surface area (Å²) >= 11 is 0. The summed E-state index contributed by atoms with van der Waals surface area (Å²) in [5, 5.41) is 19.1. The number of aromatic nitrogens is 1. The number of carboxylic acid groups (broad SMARTS) is 2. The topological polar surface area (TPSA) is 109 Å². The van der Waals surface area contributed by atoms with Gasteiger partial charge < -0.3 is 20.3 Å². The number of carbonyl (C=O) groups is 2. The molecule has 1 aliphatic heterocycles. The first-order valence-electron chi connectivity index (χ1n) is 7.02. The summed E-state index contributed by atoms with van der Waals surface area (Å²) < 4.78 is 37.0. The molecule has 24 heavy (non-hydrogen) atoms. The first-order chi connectivity index (χ1) is 11.2. The van der Waals surface area contributed by atoms with Gasteiger partial charge in [0, 0.05) is 19.8 Å². The van der Waals surface area contributed by atoms with Gasteiger partial charge in [0.15, 0.2) is 5.69 Å². The van der Waals surface area contributed by atoms with Gasteiger partial charge in [-0.2, -0.15) is 13.2 Å². The quantitative estimate of drug-likeness (QED) is 0.764. The third-order valence-electron chi connectivity index (χ3n) is 3.12. The number of nitrogens with one attached hydrogen (secondary N) is 1. The Labute approximate surface area is 135 Å². The molecule has 0 atom stereocenters. The van der Waals surface area contributed by atoms with Crippen LogP contribution < -0.4 is 5.32 Å². The zero-order valence-electron chi connectivity index (χ0n) is 12.5. The lowest BCUT2D eigenvalue weighted by Crippen LogP contribution is -2.23. The molecule has 0 amide bonds. The maximum Gasteiger partial charge on any atom is 0.490 e. The largest absolute Gasteiger partial charge is 0.490 e. The zero-order valence-corrected chi connectivity index (χ0v) is 12.5. The van der Waals surface area contributed by atoms with E-state index in [0.717, 1.165) is 32.6 Å². The molecule has 2 heterocycles. The van der Waals surface area contributed by atoms with Crippen molar-refractivity contribution in [3.05, 3.63) is 23.9 Å². The molecule has 1 aromatic heterocycles. The Kier molecular flexibility index (Phi) is 7.43. The first kappa shape index (κ1) is 19.7. The van der Waals surface area contributed by atoms with Gasteiger partial charge in [-0.3, -0.25) is 0 Å². The van der Waals surface area contributed by atoms with E-state index < -0.39 is 18.1 Å². The number of nitrogens with zero attached hydrogens (tertiary/aromatic N) is 1. The molecule has 0 radical (unpaired) electrons. The standard InChI is InChI=1S/C12H16N2O3.C2HF3O2/c15-12(16)10-2-1-3-11(14-10)13-8-9-4-6-17-7-5-9;3-2(4,5)1(6)7/h1-3,9H,4-8H2,(H,13,14)(H,15,16);(H,6,7). The Balaban J connectivity index is 0.000000351. The molecule has 0 bridgehead atoms. The molecule has 3 N–H and O–H groups in total. The van der Waals surface area contributed by atoms with Crippen LogP contribution in [0.2, 0.25) is 0 Å². The van der Waals surface area contributed by atoms with E-state index in [0.29, 0.717) is 11.7 Å². The Morgan fingerprint density at radius 1 is 1.25 bits per heavy atom. The summed E-state index contributed by atoms with van der Waals surface area (Å²) in [5.41, 5.74) is 0.0713. The van der Waals surface area contributed by atoms with Gasteiger partial charge in [0.2, 0.25) is 0 Å². The zero-order chi connectivity index (χ0) is 18.2. The SMILES string of the molecule is O=C(O)C(F)(F)F.O=C(O)c1cccc(NCC2CCOCC2)n1. The number of aromatic carboxylic acids is 1. The number of hydrogen-bond acceptors (Lipinski definition) is 5. The fourth-order valence-electron chi connectivity index (χ4n) is 1.85. The van der Waals surface area contributed by atoms with Gasteiger partial charge in [-0.05, 0) is 30.9 Å². The van der Waals surface area contributed by atoms with Gasteiger partial charge in [-0.25, -0.2) is 14.6 Å². The lowest BCUT2D eigenvalue weighted by molar-refractivity contribution is -0.192. The average molecular weight is 350 g/mol. The van der Waals surface area contributed by atoms with Crippen LogP contribution in [0.1, 0.15) is 23.3 Å². The predicted octanol–water partition coefficient (Wildman–Crippen LogP) is 2.25. The molecule has 134 valence electrons. The molecule has 0 aromatic carbocycles. The van der Waals surface area contributed by atoms with Crippen LogP contribution in [0, 0.1) is 5.92 Å². The average Bonchev–Trinajstić information content (AvgIpc) is 2.54. The minimum Gasteiger partial charge on any atom is -0.477 e. The summed E-state index contributed by atoms with van der Waals surface area (Å²) in [6, 6.07) is 4.97. The number of carboxylic acids is 2. The highest BCUT2D eigenvalue weighted by molar-refractivity contribution is 5.85. The molecule has 10 heteroatoms. The number of alkyl halides is 3. The Bertz CT molecular complexity index is 560. The van der Waals surface area contributed by atoms with Crippen LogP contribution in [-0.4, -0.2) is 53.1 Å². The lowest BCUT2D eigenvalue weighted by Gasteiger charge is -2.22. The van der Waals surface area contributed by atoms with Crippen molar-refractivity contribution in [2.75, 3.05) is 25.1 Å². The van der Waals surface area contributed by atoms with Gasteiger partial charge in [0.05, 0.1) is 0 Å². The molecule has 1 saturated heterocycles. The second-order valence-corrected chi connectivity index (χ2v) is 4.95. The van der Waals surface area contributed by atoms with Crippen molar-refractivity contribution in [1.29, 1.82) is 0 Å². The van der Waals surface area contributed by atoms with Crippen molar-refractivity contribution in [3.8, 4) is 0 Å². The number of anilines is 1. The van der Waals surface area contributed by atoms with Crippen molar-refractivity contribution < 1.29 is 37.7 Å². The van der Waals surface area contributed by atoms with E-state index in [-0.39, 0.29) is 5.69 Å². The predicted molar refractivity (Wildman–Crippen MR) is 76.9 cm³/mol. The summed E-state index contributed by atoms with van der Waals surface area (Å²) in [7, 11) is 0.